The Hall–Kier alpha value is -3.86. The first kappa shape index (κ1) is 20.4. The molecular formula is C26H26N4O. The Morgan fingerprint density at radius 1 is 0.839 bits per heavy atom. The van der Waals surface area contributed by atoms with E-state index in [-0.39, 0.29) is 12.1 Å². The zero-order valence-corrected chi connectivity index (χ0v) is 17.3. The molecule has 156 valence electrons. The molecule has 1 heterocycles. The van der Waals surface area contributed by atoms with Crippen LogP contribution < -0.4 is 10.6 Å². The van der Waals surface area contributed by atoms with Gasteiger partial charge < -0.3 is 15.2 Å². The van der Waals surface area contributed by atoms with Crippen LogP contribution in [0.4, 0.5) is 4.79 Å². The van der Waals surface area contributed by atoms with Crippen molar-refractivity contribution in [1.82, 2.24) is 20.2 Å². The number of amides is 2. The minimum Gasteiger partial charge on any atom is -0.338 e. The Balaban J connectivity index is 1.32. The third-order valence-electron chi connectivity index (χ3n) is 5.15. The van der Waals surface area contributed by atoms with Gasteiger partial charge in [0.15, 0.2) is 0 Å². The minimum atomic E-state index is -0.194. The van der Waals surface area contributed by atoms with E-state index in [1.807, 2.05) is 91.3 Å². The van der Waals surface area contributed by atoms with Crippen molar-refractivity contribution >= 4 is 6.03 Å². The lowest BCUT2D eigenvalue weighted by atomic mass is 9.99. The number of rotatable bonds is 8. The molecule has 3 aromatic carbocycles. The molecule has 0 saturated heterocycles. The van der Waals surface area contributed by atoms with E-state index >= 15 is 0 Å². The normalized spacial score (nSPS) is 10.7. The third kappa shape index (κ3) is 5.39. The maximum absolute atomic E-state index is 12.6. The molecule has 5 nitrogen and oxygen atoms in total. The summed E-state index contributed by atoms with van der Waals surface area (Å²) >= 11 is 0. The van der Waals surface area contributed by atoms with Crippen LogP contribution in [0.5, 0.6) is 0 Å². The third-order valence-corrected chi connectivity index (χ3v) is 5.15. The first-order chi connectivity index (χ1) is 15.3. The highest BCUT2D eigenvalue weighted by Crippen LogP contribution is 2.21. The van der Waals surface area contributed by atoms with Crippen molar-refractivity contribution in [2.45, 2.75) is 19.0 Å². The van der Waals surface area contributed by atoms with Gasteiger partial charge in [-0.25, -0.2) is 9.78 Å². The summed E-state index contributed by atoms with van der Waals surface area (Å²) < 4.78 is 2.12. The van der Waals surface area contributed by atoms with Gasteiger partial charge in [-0.3, -0.25) is 0 Å². The topological polar surface area (TPSA) is 59.0 Å². The zero-order valence-electron chi connectivity index (χ0n) is 17.3. The molecule has 0 fully saturated rings. The molecule has 0 aliphatic heterocycles. The molecule has 0 aliphatic carbocycles. The van der Waals surface area contributed by atoms with Crippen LogP contribution in [0.3, 0.4) is 0 Å². The maximum Gasteiger partial charge on any atom is 0.315 e. The van der Waals surface area contributed by atoms with E-state index in [1.54, 1.807) is 0 Å². The highest BCUT2D eigenvalue weighted by atomic mass is 16.2. The van der Waals surface area contributed by atoms with Crippen molar-refractivity contribution in [2.24, 2.45) is 0 Å². The van der Waals surface area contributed by atoms with Gasteiger partial charge >= 0.3 is 6.03 Å². The molecule has 0 radical (unpaired) electrons. The first-order valence-electron chi connectivity index (χ1n) is 10.5. The fourth-order valence-electron chi connectivity index (χ4n) is 3.62. The summed E-state index contributed by atoms with van der Waals surface area (Å²) in [6.45, 7) is 1.36. The molecule has 0 bridgehead atoms. The lowest BCUT2D eigenvalue weighted by Gasteiger charge is -2.20. The smallest absolute Gasteiger partial charge is 0.315 e. The Morgan fingerprint density at radius 3 is 2.03 bits per heavy atom. The summed E-state index contributed by atoms with van der Waals surface area (Å²) in [5.41, 5.74) is 3.19. The summed E-state index contributed by atoms with van der Waals surface area (Å²) in [5.74, 6) is 0.943. The molecule has 31 heavy (non-hydrogen) atoms. The number of hydrogen-bond acceptors (Lipinski definition) is 2. The number of carbonyl (C=O) groups is 1. The molecule has 2 N–H and O–H groups in total. The lowest BCUT2D eigenvalue weighted by Crippen LogP contribution is -2.39. The molecule has 0 saturated carbocycles. The van der Waals surface area contributed by atoms with Crippen molar-refractivity contribution < 1.29 is 4.79 Å². The van der Waals surface area contributed by atoms with E-state index in [0.717, 1.165) is 35.5 Å². The lowest BCUT2D eigenvalue weighted by molar-refractivity contribution is 0.238. The van der Waals surface area contributed by atoms with Crippen LogP contribution >= 0.6 is 0 Å². The predicted octanol–water partition coefficient (Wildman–Crippen LogP) is 5.03. The van der Waals surface area contributed by atoms with Gasteiger partial charge in [0.05, 0.1) is 6.04 Å². The van der Waals surface area contributed by atoms with E-state index in [9.17, 15) is 4.79 Å². The number of aromatic nitrogens is 2. The first-order valence-corrected chi connectivity index (χ1v) is 10.5. The molecule has 0 aliphatic rings. The second-order valence-electron chi connectivity index (χ2n) is 7.32. The number of benzene rings is 3. The quantitative estimate of drug-likeness (QED) is 0.400. The molecule has 5 heteroatoms. The average molecular weight is 411 g/mol. The Bertz CT molecular complexity index is 1040. The van der Waals surface area contributed by atoms with Crippen molar-refractivity contribution in [2.75, 3.05) is 6.54 Å². The SMILES string of the molecule is O=C(NCCCn1ccnc1-c1ccccc1)NC(c1ccccc1)c1ccccc1. The van der Waals surface area contributed by atoms with Gasteiger partial charge in [-0.15, -0.1) is 0 Å². The molecule has 0 spiro atoms. The zero-order chi connectivity index (χ0) is 21.3. The molecule has 4 rings (SSSR count). The second kappa shape index (κ2) is 10.3. The number of imidazole rings is 1. The van der Waals surface area contributed by atoms with E-state index < -0.39 is 0 Å². The number of nitrogens with one attached hydrogen (secondary N) is 2. The van der Waals surface area contributed by atoms with Gasteiger partial charge in [0.25, 0.3) is 0 Å². The van der Waals surface area contributed by atoms with Crippen LogP contribution in [0.15, 0.2) is 103 Å². The Labute approximate surface area is 182 Å². The number of carbonyl (C=O) groups excluding carboxylic acids is 1. The van der Waals surface area contributed by atoms with Gasteiger partial charge in [-0.1, -0.05) is 91.0 Å². The fourth-order valence-corrected chi connectivity index (χ4v) is 3.62. The summed E-state index contributed by atoms with van der Waals surface area (Å²) in [4.78, 5) is 17.1. The number of nitrogens with zero attached hydrogens (tertiary/aromatic N) is 2. The van der Waals surface area contributed by atoms with Crippen LogP contribution in [-0.4, -0.2) is 22.1 Å². The summed E-state index contributed by atoms with van der Waals surface area (Å²) in [6.07, 6.45) is 4.60. The van der Waals surface area contributed by atoms with Crippen LogP contribution in [0.25, 0.3) is 11.4 Å². The second-order valence-corrected chi connectivity index (χ2v) is 7.32. The van der Waals surface area contributed by atoms with Gasteiger partial charge in [0, 0.05) is 31.0 Å². The van der Waals surface area contributed by atoms with Gasteiger partial charge in [0.2, 0.25) is 0 Å². The van der Waals surface area contributed by atoms with E-state index in [2.05, 4.69) is 32.3 Å². The van der Waals surface area contributed by atoms with Crippen LogP contribution in [0.1, 0.15) is 23.6 Å². The van der Waals surface area contributed by atoms with Crippen molar-refractivity contribution in [3.63, 3.8) is 0 Å². The molecular weight excluding hydrogens is 384 g/mol. The highest BCUT2D eigenvalue weighted by Gasteiger charge is 2.16. The van der Waals surface area contributed by atoms with Gasteiger partial charge in [0.1, 0.15) is 5.82 Å². The standard InChI is InChI=1S/C26H26N4O/c31-26(29-24(21-11-4-1-5-12-21)22-13-6-2-7-14-22)28-17-10-19-30-20-18-27-25(30)23-15-8-3-9-16-23/h1-9,11-16,18,20,24H,10,17,19H2,(H2,28,29,31). The van der Waals surface area contributed by atoms with Crippen LogP contribution in [0.2, 0.25) is 0 Å². The van der Waals surface area contributed by atoms with Crippen LogP contribution in [-0.2, 0) is 6.54 Å². The Morgan fingerprint density at radius 2 is 1.42 bits per heavy atom. The fraction of sp³-hybridized carbons (Fsp3) is 0.154. The molecule has 2 amide bonds. The highest BCUT2D eigenvalue weighted by molar-refractivity contribution is 5.75. The summed E-state index contributed by atoms with van der Waals surface area (Å²) in [5, 5.41) is 6.10. The molecule has 4 aromatic rings. The van der Waals surface area contributed by atoms with E-state index in [1.165, 1.54) is 0 Å². The van der Waals surface area contributed by atoms with Crippen molar-refractivity contribution in [3.05, 3.63) is 115 Å². The summed E-state index contributed by atoms with van der Waals surface area (Å²) in [7, 11) is 0. The van der Waals surface area contributed by atoms with Crippen LogP contribution in [0, 0.1) is 0 Å². The molecule has 0 unspecified atom stereocenters. The van der Waals surface area contributed by atoms with E-state index in [4.69, 9.17) is 0 Å². The average Bonchev–Trinajstić information content (AvgIpc) is 3.31. The maximum atomic E-state index is 12.6. The van der Waals surface area contributed by atoms with E-state index in [0.29, 0.717) is 6.54 Å². The Kier molecular flexibility index (Phi) is 6.75. The monoisotopic (exact) mass is 410 g/mol. The predicted molar refractivity (Wildman–Crippen MR) is 124 cm³/mol. The molecule has 0 atom stereocenters. The minimum absolute atomic E-state index is 0.174. The molecule has 1 aromatic heterocycles. The summed E-state index contributed by atoms with van der Waals surface area (Å²) in [6, 6.07) is 29.8. The number of hydrogen-bond donors (Lipinski definition) is 2. The van der Waals surface area contributed by atoms with Gasteiger partial charge in [-0.05, 0) is 17.5 Å². The largest absolute Gasteiger partial charge is 0.338 e. The van der Waals surface area contributed by atoms with Crippen molar-refractivity contribution in [1.29, 1.82) is 0 Å². The van der Waals surface area contributed by atoms with Crippen molar-refractivity contribution in [3.8, 4) is 11.4 Å². The van der Waals surface area contributed by atoms with Gasteiger partial charge in [-0.2, -0.15) is 0 Å². The number of aryl methyl sites for hydroxylation is 1. The number of urea groups is 1.